The number of carbonyl (C=O) groups excluding carboxylic acids is 2. The van der Waals surface area contributed by atoms with Gasteiger partial charge in [0.15, 0.2) is 0 Å². The third-order valence-electron chi connectivity index (χ3n) is 3.30. The van der Waals surface area contributed by atoms with Gasteiger partial charge in [0.05, 0.1) is 24.9 Å². The maximum absolute atomic E-state index is 12.5. The van der Waals surface area contributed by atoms with Crippen molar-refractivity contribution < 1.29 is 24.2 Å². The summed E-state index contributed by atoms with van der Waals surface area (Å²) in [4.78, 5) is 25.7. The van der Waals surface area contributed by atoms with E-state index in [2.05, 4.69) is 4.74 Å². The Morgan fingerprint density at radius 1 is 1.29 bits per heavy atom. The van der Waals surface area contributed by atoms with E-state index in [1.54, 1.807) is 4.90 Å². The Hall–Kier alpha value is -2.08. The number of phenolic OH excluding ortho intramolecular Hbond substituents is 1. The van der Waals surface area contributed by atoms with Crippen molar-refractivity contribution in [1.82, 2.24) is 4.90 Å². The van der Waals surface area contributed by atoms with Crippen molar-refractivity contribution in [2.75, 3.05) is 26.8 Å². The molecule has 21 heavy (non-hydrogen) atoms. The Morgan fingerprint density at radius 3 is 2.57 bits per heavy atom. The van der Waals surface area contributed by atoms with Gasteiger partial charge in [-0.2, -0.15) is 0 Å². The normalized spacial score (nSPS) is 17.4. The smallest absolute Gasteiger partial charge is 0.338 e. The summed E-state index contributed by atoms with van der Waals surface area (Å²) in [7, 11) is 1.25. The van der Waals surface area contributed by atoms with E-state index < -0.39 is 11.6 Å². The summed E-state index contributed by atoms with van der Waals surface area (Å²) in [6.07, 6.45) is 0. The number of amides is 1. The van der Waals surface area contributed by atoms with Crippen LogP contribution in [0.2, 0.25) is 0 Å². The van der Waals surface area contributed by atoms with Gasteiger partial charge in [-0.05, 0) is 32.0 Å². The summed E-state index contributed by atoms with van der Waals surface area (Å²) in [6, 6.07) is 4.04. The number of rotatable bonds is 2. The molecule has 1 aromatic rings. The lowest BCUT2D eigenvalue weighted by Gasteiger charge is -2.38. The van der Waals surface area contributed by atoms with Gasteiger partial charge in [0, 0.05) is 18.7 Å². The first kappa shape index (κ1) is 15.3. The molecule has 1 aromatic carbocycles. The topological polar surface area (TPSA) is 76.1 Å². The molecule has 1 amide bonds. The number of ether oxygens (including phenoxy) is 2. The zero-order valence-corrected chi connectivity index (χ0v) is 12.4. The van der Waals surface area contributed by atoms with Crippen LogP contribution in [0, 0.1) is 0 Å². The predicted molar refractivity (Wildman–Crippen MR) is 75.4 cm³/mol. The molecule has 0 unspecified atom stereocenters. The van der Waals surface area contributed by atoms with Gasteiger partial charge in [-0.25, -0.2) is 4.79 Å². The van der Waals surface area contributed by atoms with Crippen molar-refractivity contribution in [3.8, 4) is 5.75 Å². The lowest BCUT2D eigenvalue weighted by molar-refractivity contribution is -0.0764. The van der Waals surface area contributed by atoms with Crippen LogP contribution in [0.5, 0.6) is 5.75 Å². The summed E-state index contributed by atoms with van der Waals surface area (Å²) in [5.74, 6) is -0.983. The van der Waals surface area contributed by atoms with Crippen LogP contribution in [-0.4, -0.2) is 54.3 Å². The zero-order chi connectivity index (χ0) is 15.6. The molecule has 0 aromatic heterocycles. The molecular formula is C15H19NO5. The van der Waals surface area contributed by atoms with Crippen LogP contribution in [-0.2, 0) is 9.47 Å². The van der Waals surface area contributed by atoms with Crippen LogP contribution < -0.4 is 0 Å². The van der Waals surface area contributed by atoms with Crippen molar-refractivity contribution in [2.24, 2.45) is 0 Å². The van der Waals surface area contributed by atoms with E-state index in [0.717, 1.165) is 0 Å². The van der Waals surface area contributed by atoms with Crippen LogP contribution in [0.25, 0.3) is 0 Å². The largest absolute Gasteiger partial charge is 0.508 e. The van der Waals surface area contributed by atoms with Crippen LogP contribution in [0.3, 0.4) is 0 Å². The van der Waals surface area contributed by atoms with Crippen LogP contribution in [0.15, 0.2) is 18.2 Å². The summed E-state index contributed by atoms with van der Waals surface area (Å²) >= 11 is 0. The maximum Gasteiger partial charge on any atom is 0.338 e. The molecule has 0 spiro atoms. The van der Waals surface area contributed by atoms with Crippen molar-refractivity contribution in [1.29, 1.82) is 0 Å². The van der Waals surface area contributed by atoms with Gasteiger partial charge in [0.25, 0.3) is 5.91 Å². The second-order valence-electron chi connectivity index (χ2n) is 5.60. The van der Waals surface area contributed by atoms with Gasteiger partial charge >= 0.3 is 5.97 Å². The molecule has 2 rings (SSSR count). The van der Waals surface area contributed by atoms with Gasteiger partial charge in [0.1, 0.15) is 5.75 Å². The third-order valence-corrected chi connectivity index (χ3v) is 3.30. The molecular weight excluding hydrogens is 274 g/mol. The summed E-state index contributed by atoms with van der Waals surface area (Å²) in [5, 5.41) is 9.69. The molecule has 6 nitrogen and oxygen atoms in total. The summed E-state index contributed by atoms with van der Waals surface area (Å²) in [5.41, 5.74) is -0.00269. The first-order valence-electron chi connectivity index (χ1n) is 6.68. The van der Waals surface area contributed by atoms with Gasteiger partial charge in [-0.3, -0.25) is 4.79 Å². The molecule has 0 radical (unpaired) electrons. The SMILES string of the molecule is COC(=O)c1cc(O)cc(C(=O)N2CCOC(C)(C)C2)c1. The molecule has 114 valence electrons. The molecule has 1 saturated heterocycles. The van der Waals surface area contributed by atoms with Crippen molar-refractivity contribution >= 4 is 11.9 Å². The quantitative estimate of drug-likeness (QED) is 0.835. The summed E-state index contributed by atoms with van der Waals surface area (Å²) < 4.78 is 10.2. The highest BCUT2D eigenvalue weighted by molar-refractivity contribution is 5.98. The standard InChI is InChI=1S/C15H19NO5/c1-15(2)9-16(4-5-21-15)13(18)10-6-11(14(19)20-3)8-12(17)7-10/h6-8,17H,4-5,9H2,1-3H3. The average Bonchev–Trinajstić information content (AvgIpc) is 2.43. The van der Waals surface area contributed by atoms with Crippen molar-refractivity contribution in [3.63, 3.8) is 0 Å². The van der Waals surface area contributed by atoms with E-state index in [9.17, 15) is 14.7 Å². The molecule has 0 saturated carbocycles. The summed E-state index contributed by atoms with van der Waals surface area (Å²) in [6.45, 7) is 5.21. The fourth-order valence-electron chi connectivity index (χ4n) is 2.34. The number of nitrogens with zero attached hydrogens (tertiary/aromatic N) is 1. The number of aromatic hydroxyl groups is 1. The highest BCUT2D eigenvalue weighted by atomic mass is 16.5. The Balaban J connectivity index is 2.26. The van der Waals surface area contributed by atoms with Gasteiger partial charge in [-0.15, -0.1) is 0 Å². The van der Waals surface area contributed by atoms with E-state index in [1.165, 1.54) is 25.3 Å². The highest BCUT2D eigenvalue weighted by Gasteiger charge is 2.30. The lowest BCUT2D eigenvalue weighted by Crippen LogP contribution is -2.50. The van der Waals surface area contributed by atoms with Gasteiger partial charge in [0.2, 0.25) is 0 Å². The minimum absolute atomic E-state index is 0.145. The number of hydrogen-bond acceptors (Lipinski definition) is 5. The molecule has 0 bridgehead atoms. The highest BCUT2D eigenvalue weighted by Crippen LogP contribution is 2.22. The molecule has 1 N–H and O–H groups in total. The van der Waals surface area contributed by atoms with E-state index in [4.69, 9.17) is 4.74 Å². The van der Waals surface area contributed by atoms with Crippen LogP contribution >= 0.6 is 0 Å². The fourth-order valence-corrected chi connectivity index (χ4v) is 2.34. The van der Waals surface area contributed by atoms with Gasteiger partial charge in [-0.1, -0.05) is 0 Å². The number of methoxy groups -OCH3 is 1. The van der Waals surface area contributed by atoms with Crippen molar-refractivity contribution in [2.45, 2.75) is 19.4 Å². The molecule has 0 aliphatic carbocycles. The second kappa shape index (κ2) is 5.73. The van der Waals surface area contributed by atoms with E-state index in [1.807, 2.05) is 13.8 Å². The van der Waals surface area contributed by atoms with Crippen LogP contribution in [0.1, 0.15) is 34.6 Å². The molecule has 0 atom stereocenters. The molecule has 1 fully saturated rings. The third kappa shape index (κ3) is 3.52. The zero-order valence-electron chi connectivity index (χ0n) is 12.4. The second-order valence-corrected chi connectivity index (χ2v) is 5.60. The number of hydrogen-bond donors (Lipinski definition) is 1. The Labute approximate surface area is 123 Å². The molecule has 1 aliphatic heterocycles. The monoisotopic (exact) mass is 293 g/mol. The van der Waals surface area contributed by atoms with Gasteiger partial charge < -0.3 is 19.5 Å². The minimum atomic E-state index is -0.595. The number of phenols is 1. The number of benzene rings is 1. The Kier molecular flexibility index (Phi) is 4.18. The van der Waals surface area contributed by atoms with E-state index in [0.29, 0.717) is 19.7 Å². The first-order chi connectivity index (χ1) is 9.82. The van der Waals surface area contributed by atoms with E-state index in [-0.39, 0.29) is 22.8 Å². The fraction of sp³-hybridized carbons (Fsp3) is 0.467. The molecule has 1 heterocycles. The Bertz CT molecular complexity index is 567. The Morgan fingerprint density at radius 2 is 1.95 bits per heavy atom. The molecule has 1 aliphatic rings. The average molecular weight is 293 g/mol. The number of morpholine rings is 1. The number of carbonyl (C=O) groups is 2. The van der Waals surface area contributed by atoms with E-state index >= 15 is 0 Å². The molecule has 6 heteroatoms. The predicted octanol–water partition coefficient (Wildman–Crippen LogP) is 1.43. The van der Waals surface area contributed by atoms with Crippen LogP contribution in [0.4, 0.5) is 0 Å². The maximum atomic E-state index is 12.5. The minimum Gasteiger partial charge on any atom is -0.508 e. The lowest BCUT2D eigenvalue weighted by atomic mass is 10.0. The van der Waals surface area contributed by atoms with Crippen molar-refractivity contribution in [3.05, 3.63) is 29.3 Å². The number of esters is 1. The first-order valence-corrected chi connectivity index (χ1v) is 6.68.